The van der Waals surface area contributed by atoms with Gasteiger partial charge in [0.1, 0.15) is 18.1 Å². The van der Waals surface area contributed by atoms with Gasteiger partial charge < -0.3 is 14.5 Å². The van der Waals surface area contributed by atoms with Crippen LogP contribution in [-0.2, 0) is 16.6 Å². The second-order valence-electron chi connectivity index (χ2n) is 4.34. The molecule has 3 rings (SSSR count). The SMILES string of the molecule is O=S(=O)(NCc1ccco1)c1ccc2c(c1)NCCO2. The molecule has 0 aliphatic carbocycles. The molecule has 6 nitrogen and oxygen atoms in total. The molecule has 0 unspecified atom stereocenters. The zero-order valence-electron chi connectivity index (χ0n) is 10.6. The van der Waals surface area contributed by atoms with Gasteiger partial charge in [-0.05, 0) is 30.3 Å². The lowest BCUT2D eigenvalue weighted by Crippen LogP contribution is -2.24. The fourth-order valence-electron chi connectivity index (χ4n) is 1.95. The van der Waals surface area contributed by atoms with Gasteiger partial charge in [0.05, 0.1) is 23.4 Å². The number of fused-ring (bicyclic) bond motifs is 1. The lowest BCUT2D eigenvalue weighted by atomic mass is 10.2. The standard InChI is InChI=1S/C13H14N2O4S/c16-20(17,15-9-10-2-1-6-18-10)11-3-4-13-12(8-11)14-5-7-19-13/h1-4,6,8,14-15H,5,7,9H2. The van der Waals surface area contributed by atoms with Gasteiger partial charge >= 0.3 is 0 Å². The van der Waals surface area contributed by atoms with Crippen molar-refractivity contribution in [3.8, 4) is 5.75 Å². The summed E-state index contributed by atoms with van der Waals surface area (Å²) < 4.78 is 37.4. The van der Waals surface area contributed by atoms with Gasteiger partial charge in [-0.3, -0.25) is 0 Å². The Hall–Kier alpha value is -1.99. The van der Waals surface area contributed by atoms with Crippen molar-refractivity contribution in [2.75, 3.05) is 18.5 Å². The molecule has 0 spiro atoms. The van der Waals surface area contributed by atoms with E-state index in [9.17, 15) is 8.42 Å². The topological polar surface area (TPSA) is 80.6 Å². The van der Waals surface area contributed by atoms with Gasteiger partial charge in [0.2, 0.25) is 10.0 Å². The minimum absolute atomic E-state index is 0.121. The molecule has 1 aromatic carbocycles. The summed E-state index contributed by atoms with van der Waals surface area (Å²) in [4.78, 5) is 0.195. The third kappa shape index (κ3) is 2.63. The molecule has 0 fully saturated rings. The maximum Gasteiger partial charge on any atom is 0.241 e. The highest BCUT2D eigenvalue weighted by molar-refractivity contribution is 7.89. The number of benzene rings is 1. The Kier molecular flexibility index (Phi) is 3.37. The number of nitrogens with one attached hydrogen (secondary N) is 2. The molecule has 1 aromatic heterocycles. The third-order valence-electron chi connectivity index (χ3n) is 2.95. The lowest BCUT2D eigenvalue weighted by Gasteiger charge is -2.19. The molecule has 20 heavy (non-hydrogen) atoms. The quantitative estimate of drug-likeness (QED) is 0.894. The summed E-state index contributed by atoms with van der Waals surface area (Å²) >= 11 is 0. The van der Waals surface area contributed by atoms with Crippen molar-refractivity contribution >= 4 is 15.7 Å². The Balaban J connectivity index is 1.80. The van der Waals surface area contributed by atoms with Crippen LogP contribution in [0.25, 0.3) is 0 Å². The van der Waals surface area contributed by atoms with Crippen LogP contribution in [0.15, 0.2) is 45.9 Å². The van der Waals surface area contributed by atoms with Crippen LogP contribution in [0.3, 0.4) is 0 Å². The molecule has 0 amide bonds. The van der Waals surface area contributed by atoms with Crippen LogP contribution in [0.2, 0.25) is 0 Å². The molecule has 1 aliphatic heterocycles. The van der Waals surface area contributed by atoms with Crippen molar-refractivity contribution in [3.63, 3.8) is 0 Å². The first kappa shape index (κ1) is 13.0. The van der Waals surface area contributed by atoms with Crippen molar-refractivity contribution in [3.05, 3.63) is 42.4 Å². The van der Waals surface area contributed by atoms with Crippen LogP contribution in [-0.4, -0.2) is 21.6 Å². The Morgan fingerprint density at radius 3 is 3.00 bits per heavy atom. The highest BCUT2D eigenvalue weighted by Gasteiger charge is 2.18. The number of ether oxygens (including phenoxy) is 1. The number of anilines is 1. The van der Waals surface area contributed by atoms with E-state index < -0.39 is 10.0 Å². The van der Waals surface area contributed by atoms with E-state index in [0.29, 0.717) is 30.3 Å². The first-order valence-electron chi connectivity index (χ1n) is 6.18. The molecule has 2 heterocycles. The van der Waals surface area contributed by atoms with Crippen LogP contribution in [0.4, 0.5) is 5.69 Å². The normalized spacial score (nSPS) is 14.2. The second kappa shape index (κ2) is 5.18. The largest absolute Gasteiger partial charge is 0.490 e. The van der Waals surface area contributed by atoms with Crippen LogP contribution in [0.1, 0.15) is 5.76 Å². The predicted octanol–water partition coefficient (Wildman–Crippen LogP) is 1.56. The molecular weight excluding hydrogens is 280 g/mol. The molecule has 0 saturated carbocycles. The molecule has 106 valence electrons. The fourth-order valence-corrected chi connectivity index (χ4v) is 2.97. The molecule has 2 aromatic rings. The number of sulfonamides is 1. The van der Waals surface area contributed by atoms with Gasteiger partial charge in [-0.25, -0.2) is 13.1 Å². The fraction of sp³-hybridized carbons (Fsp3) is 0.231. The van der Waals surface area contributed by atoms with Crippen molar-refractivity contribution in [1.82, 2.24) is 4.72 Å². The summed E-state index contributed by atoms with van der Waals surface area (Å²) in [5.41, 5.74) is 0.692. The summed E-state index contributed by atoms with van der Waals surface area (Å²) in [6, 6.07) is 8.17. The van der Waals surface area contributed by atoms with E-state index in [1.807, 2.05) is 0 Å². The van der Waals surface area contributed by atoms with Gasteiger partial charge in [0.25, 0.3) is 0 Å². The molecule has 0 atom stereocenters. The Morgan fingerprint density at radius 1 is 1.30 bits per heavy atom. The van der Waals surface area contributed by atoms with Crippen LogP contribution in [0, 0.1) is 0 Å². The maximum atomic E-state index is 12.2. The number of hydrogen-bond donors (Lipinski definition) is 2. The summed E-state index contributed by atoms with van der Waals surface area (Å²) in [5.74, 6) is 1.23. The number of hydrogen-bond acceptors (Lipinski definition) is 5. The zero-order chi connectivity index (χ0) is 14.0. The average molecular weight is 294 g/mol. The zero-order valence-corrected chi connectivity index (χ0v) is 11.4. The first-order valence-corrected chi connectivity index (χ1v) is 7.66. The van der Waals surface area contributed by atoms with E-state index in [1.54, 1.807) is 24.3 Å². The first-order chi connectivity index (χ1) is 9.65. The van der Waals surface area contributed by atoms with Crippen molar-refractivity contribution < 1.29 is 17.6 Å². The Bertz CT molecular complexity index is 695. The van der Waals surface area contributed by atoms with Crippen molar-refractivity contribution in [1.29, 1.82) is 0 Å². The van der Waals surface area contributed by atoms with Gasteiger partial charge in [-0.15, -0.1) is 0 Å². The van der Waals surface area contributed by atoms with Gasteiger partial charge in [0, 0.05) is 6.54 Å². The summed E-state index contributed by atoms with van der Waals surface area (Å²) in [6.45, 7) is 1.36. The number of rotatable bonds is 4. The number of furan rings is 1. The van der Waals surface area contributed by atoms with E-state index in [1.165, 1.54) is 12.3 Å². The summed E-state index contributed by atoms with van der Waals surface area (Å²) in [6.07, 6.45) is 1.50. The maximum absolute atomic E-state index is 12.2. The summed E-state index contributed by atoms with van der Waals surface area (Å²) in [7, 11) is -3.58. The average Bonchev–Trinajstić information content (AvgIpc) is 2.98. The van der Waals surface area contributed by atoms with Gasteiger partial charge in [-0.1, -0.05) is 0 Å². The molecular formula is C13H14N2O4S. The Labute approximate surface area is 116 Å². The van der Waals surface area contributed by atoms with Crippen molar-refractivity contribution in [2.24, 2.45) is 0 Å². The van der Waals surface area contributed by atoms with E-state index >= 15 is 0 Å². The molecule has 2 N–H and O–H groups in total. The molecule has 1 aliphatic rings. The summed E-state index contributed by atoms with van der Waals surface area (Å²) in [5, 5.41) is 3.11. The van der Waals surface area contributed by atoms with Gasteiger partial charge in [0.15, 0.2) is 0 Å². The monoisotopic (exact) mass is 294 g/mol. The lowest BCUT2D eigenvalue weighted by molar-refractivity contribution is 0.323. The van der Waals surface area contributed by atoms with Crippen LogP contribution >= 0.6 is 0 Å². The molecule has 0 radical (unpaired) electrons. The van der Waals surface area contributed by atoms with E-state index in [4.69, 9.17) is 9.15 Å². The van der Waals surface area contributed by atoms with E-state index in [2.05, 4.69) is 10.0 Å². The molecule has 0 saturated heterocycles. The smallest absolute Gasteiger partial charge is 0.241 e. The third-order valence-corrected chi connectivity index (χ3v) is 4.35. The second-order valence-corrected chi connectivity index (χ2v) is 6.10. The predicted molar refractivity (Wildman–Crippen MR) is 73.2 cm³/mol. The van der Waals surface area contributed by atoms with Crippen LogP contribution < -0.4 is 14.8 Å². The van der Waals surface area contributed by atoms with E-state index in [0.717, 1.165) is 0 Å². The highest BCUT2D eigenvalue weighted by atomic mass is 32.2. The molecule has 7 heteroatoms. The Morgan fingerprint density at radius 2 is 2.20 bits per heavy atom. The van der Waals surface area contributed by atoms with Gasteiger partial charge in [-0.2, -0.15) is 0 Å². The molecule has 0 bridgehead atoms. The van der Waals surface area contributed by atoms with E-state index in [-0.39, 0.29) is 11.4 Å². The van der Waals surface area contributed by atoms with Crippen LogP contribution in [0.5, 0.6) is 5.75 Å². The minimum atomic E-state index is -3.58. The highest BCUT2D eigenvalue weighted by Crippen LogP contribution is 2.29. The van der Waals surface area contributed by atoms with Crippen molar-refractivity contribution in [2.45, 2.75) is 11.4 Å². The minimum Gasteiger partial charge on any atom is -0.490 e.